The minimum Gasteiger partial charge on any atom is -0.370 e. The molecule has 4 rings (SSSR count). The van der Waals surface area contributed by atoms with Gasteiger partial charge in [-0.15, -0.1) is 0 Å². The van der Waals surface area contributed by atoms with Crippen molar-refractivity contribution in [1.29, 1.82) is 0 Å². The van der Waals surface area contributed by atoms with Crippen LogP contribution in [-0.4, -0.2) is 20.1 Å². The van der Waals surface area contributed by atoms with Gasteiger partial charge in [0, 0.05) is 18.5 Å². The highest BCUT2D eigenvalue weighted by atomic mass is 16.5. The van der Waals surface area contributed by atoms with Gasteiger partial charge in [-0.05, 0) is 31.9 Å². The molecule has 0 saturated carbocycles. The average Bonchev–Trinajstić information content (AvgIpc) is 2.60. The molecule has 128 valence electrons. The van der Waals surface area contributed by atoms with Crippen LogP contribution < -0.4 is 5.56 Å². The summed E-state index contributed by atoms with van der Waals surface area (Å²) in [6, 6.07) is 12.0. The second-order valence-electron chi connectivity index (χ2n) is 7.17. The van der Waals surface area contributed by atoms with Crippen LogP contribution in [0.1, 0.15) is 30.7 Å². The molecule has 3 aromatic rings. The van der Waals surface area contributed by atoms with E-state index in [9.17, 15) is 4.79 Å². The number of fused-ring (bicyclic) bond motifs is 2. The zero-order valence-electron chi connectivity index (χ0n) is 14.5. The normalized spacial score (nSPS) is 15.9. The van der Waals surface area contributed by atoms with Crippen molar-refractivity contribution in [3.63, 3.8) is 0 Å². The summed E-state index contributed by atoms with van der Waals surface area (Å²) < 4.78 is 7.51. The molecule has 0 bridgehead atoms. The molecule has 2 aromatic heterocycles. The van der Waals surface area contributed by atoms with Crippen molar-refractivity contribution >= 4 is 11.0 Å². The number of aryl methyl sites for hydroxylation is 2. The molecule has 1 aliphatic rings. The molecule has 1 aliphatic heterocycles. The molecule has 0 aliphatic carbocycles. The molecule has 0 saturated heterocycles. The average molecular weight is 335 g/mol. The maximum atomic E-state index is 12.8. The molecular formula is C20H21N3O2. The molecule has 1 aromatic carbocycles. The maximum Gasteiger partial charge on any atom is 0.262 e. The fourth-order valence-corrected chi connectivity index (χ4v) is 3.23. The van der Waals surface area contributed by atoms with Crippen LogP contribution in [0.5, 0.6) is 0 Å². The fourth-order valence-electron chi connectivity index (χ4n) is 3.23. The van der Waals surface area contributed by atoms with E-state index in [4.69, 9.17) is 4.74 Å². The van der Waals surface area contributed by atoms with Crippen LogP contribution >= 0.6 is 0 Å². The topological polar surface area (TPSA) is 57.0 Å². The van der Waals surface area contributed by atoms with Crippen LogP contribution in [0.4, 0.5) is 0 Å². The zero-order valence-corrected chi connectivity index (χ0v) is 14.5. The van der Waals surface area contributed by atoms with E-state index in [1.54, 1.807) is 10.9 Å². The Morgan fingerprint density at radius 1 is 1.24 bits per heavy atom. The predicted molar refractivity (Wildman–Crippen MR) is 96.5 cm³/mol. The lowest BCUT2D eigenvalue weighted by atomic mass is 9.95. The molecular weight excluding hydrogens is 314 g/mol. The number of ether oxygens (including phenoxy) is 1. The summed E-state index contributed by atoms with van der Waals surface area (Å²) in [5.41, 5.74) is 3.44. The first-order valence-corrected chi connectivity index (χ1v) is 8.58. The van der Waals surface area contributed by atoms with Gasteiger partial charge in [-0.2, -0.15) is 0 Å². The van der Waals surface area contributed by atoms with Crippen LogP contribution in [0.2, 0.25) is 0 Å². The van der Waals surface area contributed by atoms with E-state index >= 15 is 0 Å². The first-order chi connectivity index (χ1) is 12.0. The number of hydrogen-bond acceptors (Lipinski definition) is 4. The summed E-state index contributed by atoms with van der Waals surface area (Å²) in [5, 5.41) is 0.567. The largest absolute Gasteiger partial charge is 0.370 e. The Morgan fingerprint density at radius 3 is 2.84 bits per heavy atom. The first-order valence-electron chi connectivity index (χ1n) is 8.58. The number of rotatable bonds is 3. The van der Waals surface area contributed by atoms with Crippen molar-refractivity contribution in [2.45, 2.75) is 45.4 Å². The second-order valence-corrected chi connectivity index (χ2v) is 7.17. The van der Waals surface area contributed by atoms with Gasteiger partial charge in [0.1, 0.15) is 0 Å². The molecule has 3 heterocycles. The van der Waals surface area contributed by atoms with E-state index in [1.165, 1.54) is 5.56 Å². The van der Waals surface area contributed by atoms with Gasteiger partial charge < -0.3 is 4.74 Å². The molecule has 5 nitrogen and oxygen atoms in total. The maximum absolute atomic E-state index is 12.8. The lowest BCUT2D eigenvalue weighted by Gasteiger charge is -2.31. The zero-order chi connectivity index (χ0) is 17.4. The van der Waals surface area contributed by atoms with E-state index in [1.807, 2.05) is 24.3 Å². The number of nitrogens with zero attached hydrogens (tertiary/aromatic N) is 3. The van der Waals surface area contributed by atoms with Gasteiger partial charge in [0.05, 0.1) is 29.6 Å². The molecule has 0 radical (unpaired) electrons. The third kappa shape index (κ3) is 3.20. The van der Waals surface area contributed by atoms with E-state index in [0.717, 1.165) is 24.1 Å². The van der Waals surface area contributed by atoms with Crippen LogP contribution in [0.15, 0.2) is 47.5 Å². The SMILES string of the molecule is CC1(C)Cc2nc3ncn(CCc4ccccc4)c(=O)c3cc2CO1. The molecule has 0 spiro atoms. The van der Waals surface area contributed by atoms with Gasteiger partial charge in [0.25, 0.3) is 5.56 Å². The van der Waals surface area contributed by atoms with Gasteiger partial charge in [-0.25, -0.2) is 9.97 Å². The number of pyridine rings is 1. The molecule has 0 fully saturated rings. The molecule has 0 atom stereocenters. The summed E-state index contributed by atoms with van der Waals surface area (Å²) in [4.78, 5) is 21.9. The molecule has 5 heteroatoms. The number of aromatic nitrogens is 3. The second kappa shape index (κ2) is 6.08. The van der Waals surface area contributed by atoms with Crippen LogP contribution in [0.3, 0.4) is 0 Å². The van der Waals surface area contributed by atoms with Crippen molar-refractivity contribution in [1.82, 2.24) is 14.5 Å². The smallest absolute Gasteiger partial charge is 0.262 e. The van der Waals surface area contributed by atoms with Crippen molar-refractivity contribution < 1.29 is 4.74 Å². The minimum atomic E-state index is -0.224. The van der Waals surface area contributed by atoms with E-state index < -0.39 is 0 Å². The Balaban J connectivity index is 1.67. The van der Waals surface area contributed by atoms with Crippen molar-refractivity contribution in [3.8, 4) is 0 Å². The summed E-state index contributed by atoms with van der Waals surface area (Å²) in [7, 11) is 0. The fraction of sp³-hybridized carbons (Fsp3) is 0.350. The summed E-state index contributed by atoms with van der Waals surface area (Å²) >= 11 is 0. The predicted octanol–water partition coefficient (Wildman–Crippen LogP) is 2.89. The van der Waals surface area contributed by atoms with E-state index in [2.05, 4.69) is 35.9 Å². The lowest BCUT2D eigenvalue weighted by molar-refractivity contribution is -0.0411. The first kappa shape index (κ1) is 16.0. The van der Waals surface area contributed by atoms with Gasteiger partial charge >= 0.3 is 0 Å². The van der Waals surface area contributed by atoms with Crippen molar-refractivity contribution in [2.75, 3.05) is 0 Å². The third-order valence-electron chi connectivity index (χ3n) is 4.68. The molecule has 0 unspecified atom stereocenters. The number of hydrogen-bond donors (Lipinski definition) is 0. The molecule has 25 heavy (non-hydrogen) atoms. The van der Waals surface area contributed by atoms with Crippen LogP contribution in [-0.2, 0) is 30.7 Å². The molecule has 0 amide bonds. The quantitative estimate of drug-likeness (QED) is 0.738. The van der Waals surface area contributed by atoms with Crippen molar-refractivity contribution in [2.24, 2.45) is 0 Å². The van der Waals surface area contributed by atoms with Gasteiger partial charge in [0.15, 0.2) is 5.65 Å². The lowest BCUT2D eigenvalue weighted by Crippen LogP contribution is -2.33. The summed E-state index contributed by atoms with van der Waals surface area (Å²) in [6.07, 6.45) is 3.14. The minimum absolute atomic E-state index is 0.0407. The Labute approximate surface area is 146 Å². The highest BCUT2D eigenvalue weighted by molar-refractivity contribution is 5.74. The highest BCUT2D eigenvalue weighted by Gasteiger charge is 2.27. The number of benzene rings is 1. The van der Waals surface area contributed by atoms with Crippen molar-refractivity contribution in [3.05, 3.63) is 69.9 Å². The van der Waals surface area contributed by atoms with Gasteiger partial charge in [0.2, 0.25) is 0 Å². The Hall–Kier alpha value is -2.53. The Morgan fingerprint density at radius 2 is 2.04 bits per heavy atom. The van der Waals surface area contributed by atoms with E-state index in [-0.39, 0.29) is 11.2 Å². The summed E-state index contributed by atoms with van der Waals surface area (Å²) in [6.45, 7) is 5.20. The monoisotopic (exact) mass is 335 g/mol. The third-order valence-corrected chi connectivity index (χ3v) is 4.68. The Kier molecular flexibility index (Phi) is 3.88. The molecule has 0 N–H and O–H groups in total. The van der Waals surface area contributed by atoms with Crippen LogP contribution in [0.25, 0.3) is 11.0 Å². The van der Waals surface area contributed by atoms with Crippen LogP contribution in [0, 0.1) is 0 Å². The standard InChI is InChI=1S/C20H21N3O2/c1-20(2)11-17-15(12-25-20)10-16-18(22-17)21-13-23(19(16)24)9-8-14-6-4-3-5-7-14/h3-7,10,13H,8-9,11-12H2,1-2H3. The van der Waals surface area contributed by atoms with Gasteiger partial charge in [-0.3, -0.25) is 9.36 Å². The van der Waals surface area contributed by atoms with E-state index in [0.29, 0.717) is 24.2 Å². The van der Waals surface area contributed by atoms with Gasteiger partial charge in [-0.1, -0.05) is 30.3 Å². The highest BCUT2D eigenvalue weighted by Crippen LogP contribution is 2.27. The Bertz CT molecular complexity index is 977. The summed E-state index contributed by atoms with van der Waals surface area (Å²) in [5.74, 6) is 0.